The van der Waals surface area contributed by atoms with E-state index >= 15 is 0 Å². The van der Waals surface area contributed by atoms with Gasteiger partial charge in [0.05, 0.1) is 4.32 Å². The summed E-state index contributed by atoms with van der Waals surface area (Å²) in [7, 11) is 0. The number of benzene rings is 1. The smallest absolute Gasteiger partial charge is 0.243 e. The lowest BCUT2D eigenvalue weighted by atomic mass is 9.98. The Bertz CT molecular complexity index is 448. The molecule has 0 unspecified atom stereocenters. The lowest BCUT2D eigenvalue weighted by Gasteiger charge is -2.33. The Balaban J connectivity index is 2.39. The number of anilines is 1. The largest absolute Gasteiger partial charge is 0.311 e. The molecule has 0 saturated carbocycles. The number of rotatable bonds is 1. The third-order valence-electron chi connectivity index (χ3n) is 3.11. The van der Waals surface area contributed by atoms with E-state index in [1.54, 1.807) is 0 Å². The van der Waals surface area contributed by atoms with E-state index in [1.165, 1.54) is 11.1 Å². The van der Waals surface area contributed by atoms with Crippen molar-refractivity contribution in [1.29, 1.82) is 0 Å². The zero-order valence-electron chi connectivity index (χ0n) is 10.6. The van der Waals surface area contributed by atoms with Gasteiger partial charge < -0.3 is 4.90 Å². The molecule has 0 N–H and O–H groups in total. The summed E-state index contributed by atoms with van der Waals surface area (Å²) in [5.74, 6) is 0.141. The van der Waals surface area contributed by atoms with Gasteiger partial charge in [0.2, 0.25) is 5.91 Å². The summed E-state index contributed by atoms with van der Waals surface area (Å²) >= 11 is 3.45. The number of aryl methyl sites for hydroxylation is 2. The van der Waals surface area contributed by atoms with Crippen LogP contribution in [0.5, 0.6) is 0 Å². The van der Waals surface area contributed by atoms with Crippen LogP contribution in [0, 0.1) is 6.92 Å². The Morgan fingerprint density at radius 3 is 2.76 bits per heavy atom. The van der Waals surface area contributed by atoms with Crippen molar-refractivity contribution in [3.05, 3.63) is 29.3 Å². The molecule has 3 heteroatoms. The van der Waals surface area contributed by atoms with Crippen molar-refractivity contribution >= 4 is 27.5 Å². The summed E-state index contributed by atoms with van der Waals surface area (Å²) in [6.45, 7) is 6.72. The van der Waals surface area contributed by atoms with Gasteiger partial charge in [0.25, 0.3) is 0 Å². The second kappa shape index (κ2) is 4.45. The number of carbonyl (C=O) groups excluding carboxylic acids is 1. The number of hydrogen-bond acceptors (Lipinski definition) is 1. The summed E-state index contributed by atoms with van der Waals surface area (Å²) in [5, 5.41) is 0. The van der Waals surface area contributed by atoms with E-state index in [9.17, 15) is 4.79 Å². The maximum Gasteiger partial charge on any atom is 0.243 e. The van der Waals surface area contributed by atoms with Gasteiger partial charge in [-0.05, 0) is 45.2 Å². The molecule has 1 aliphatic rings. The minimum atomic E-state index is -0.494. The van der Waals surface area contributed by atoms with Gasteiger partial charge in [-0.25, -0.2) is 0 Å². The molecule has 1 aromatic rings. The normalized spacial score (nSPS) is 15.6. The van der Waals surface area contributed by atoms with Gasteiger partial charge >= 0.3 is 0 Å². The van der Waals surface area contributed by atoms with Crippen molar-refractivity contribution in [2.45, 2.75) is 37.9 Å². The van der Waals surface area contributed by atoms with Crippen LogP contribution in [0.25, 0.3) is 0 Å². The Morgan fingerprint density at radius 1 is 1.41 bits per heavy atom. The van der Waals surface area contributed by atoms with E-state index < -0.39 is 4.32 Å². The summed E-state index contributed by atoms with van der Waals surface area (Å²) < 4.78 is -0.494. The van der Waals surface area contributed by atoms with Gasteiger partial charge in [0.15, 0.2) is 0 Å². The molecule has 0 radical (unpaired) electrons. The summed E-state index contributed by atoms with van der Waals surface area (Å²) in [6.07, 6.45) is 2.12. The molecular weight excluding hydrogens is 278 g/mol. The first kappa shape index (κ1) is 12.6. The molecule has 0 fully saturated rings. The first-order valence-corrected chi connectivity index (χ1v) is 6.79. The lowest BCUT2D eigenvalue weighted by Crippen LogP contribution is -2.44. The molecule has 1 amide bonds. The fraction of sp³-hybridized carbons (Fsp3) is 0.500. The van der Waals surface area contributed by atoms with Crippen LogP contribution < -0.4 is 4.90 Å². The average molecular weight is 296 g/mol. The Labute approximate surface area is 111 Å². The molecule has 0 atom stereocenters. The molecule has 1 aromatic carbocycles. The Kier molecular flexibility index (Phi) is 3.30. The summed E-state index contributed by atoms with van der Waals surface area (Å²) in [4.78, 5) is 14.3. The van der Waals surface area contributed by atoms with Gasteiger partial charge in [-0.15, -0.1) is 0 Å². The number of nitrogens with zero attached hydrogens (tertiary/aromatic N) is 1. The van der Waals surface area contributed by atoms with Crippen LogP contribution in [-0.4, -0.2) is 16.8 Å². The fourth-order valence-electron chi connectivity index (χ4n) is 2.26. The van der Waals surface area contributed by atoms with Gasteiger partial charge in [-0.2, -0.15) is 0 Å². The Hall–Kier alpha value is -0.830. The quantitative estimate of drug-likeness (QED) is 0.727. The monoisotopic (exact) mass is 295 g/mol. The predicted octanol–water partition coefficient (Wildman–Crippen LogP) is 3.45. The molecule has 17 heavy (non-hydrogen) atoms. The molecule has 0 saturated heterocycles. The van der Waals surface area contributed by atoms with Crippen LogP contribution >= 0.6 is 15.9 Å². The molecule has 1 heterocycles. The molecule has 0 bridgehead atoms. The third kappa shape index (κ3) is 2.54. The van der Waals surface area contributed by atoms with Crippen molar-refractivity contribution < 1.29 is 4.79 Å². The maximum absolute atomic E-state index is 12.3. The molecular formula is C14H18BrNO. The Morgan fingerprint density at radius 2 is 2.12 bits per heavy atom. The van der Waals surface area contributed by atoms with E-state index in [0.717, 1.165) is 25.1 Å². The molecule has 2 rings (SSSR count). The first-order chi connectivity index (χ1) is 7.89. The van der Waals surface area contributed by atoms with Crippen LogP contribution in [0.3, 0.4) is 0 Å². The number of fused-ring (bicyclic) bond motifs is 1. The first-order valence-electron chi connectivity index (χ1n) is 6.00. The number of hydrogen-bond donors (Lipinski definition) is 0. The van der Waals surface area contributed by atoms with Gasteiger partial charge in [0.1, 0.15) is 0 Å². The van der Waals surface area contributed by atoms with Crippen molar-refractivity contribution in [2.75, 3.05) is 11.4 Å². The topological polar surface area (TPSA) is 20.3 Å². The number of halogens is 1. The highest BCUT2D eigenvalue weighted by atomic mass is 79.9. The van der Waals surface area contributed by atoms with E-state index in [-0.39, 0.29) is 5.91 Å². The average Bonchev–Trinajstić information content (AvgIpc) is 2.25. The predicted molar refractivity (Wildman–Crippen MR) is 74.9 cm³/mol. The molecule has 0 spiro atoms. The highest BCUT2D eigenvalue weighted by molar-refractivity contribution is 9.10. The highest BCUT2D eigenvalue weighted by Crippen LogP contribution is 2.31. The fourth-order valence-corrected chi connectivity index (χ4v) is 2.47. The van der Waals surface area contributed by atoms with Crippen molar-refractivity contribution in [2.24, 2.45) is 0 Å². The van der Waals surface area contributed by atoms with Crippen LogP contribution in [0.4, 0.5) is 5.69 Å². The SMILES string of the molecule is Cc1ccc2c(c1)CCCN2C(=O)C(C)(C)Br. The van der Waals surface area contributed by atoms with E-state index in [2.05, 4.69) is 41.1 Å². The van der Waals surface area contributed by atoms with Crippen LogP contribution in [0.15, 0.2) is 18.2 Å². The van der Waals surface area contributed by atoms with E-state index in [1.807, 2.05) is 18.7 Å². The van der Waals surface area contributed by atoms with Gasteiger partial charge in [-0.1, -0.05) is 33.6 Å². The molecule has 0 aliphatic carbocycles. The third-order valence-corrected chi connectivity index (χ3v) is 3.45. The summed E-state index contributed by atoms with van der Waals surface area (Å²) in [6, 6.07) is 6.34. The molecule has 0 aromatic heterocycles. The van der Waals surface area contributed by atoms with Crippen molar-refractivity contribution in [3.63, 3.8) is 0 Å². The molecule has 1 aliphatic heterocycles. The van der Waals surface area contributed by atoms with Crippen LogP contribution in [0.2, 0.25) is 0 Å². The highest BCUT2D eigenvalue weighted by Gasteiger charge is 2.32. The van der Waals surface area contributed by atoms with Crippen LogP contribution in [-0.2, 0) is 11.2 Å². The molecule has 92 valence electrons. The number of amides is 1. The van der Waals surface area contributed by atoms with Crippen molar-refractivity contribution in [1.82, 2.24) is 0 Å². The second-order valence-electron chi connectivity index (χ2n) is 5.16. The number of carbonyl (C=O) groups is 1. The molecule has 2 nitrogen and oxygen atoms in total. The number of alkyl halides is 1. The maximum atomic E-state index is 12.3. The zero-order chi connectivity index (χ0) is 12.6. The summed E-state index contributed by atoms with van der Waals surface area (Å²) in [5.41, 5.74) is 3.64. The zero-order valence-corrected chi connectivity index (χ0v) is 12.2. The minimum Gasteiger partial charge on any atom is -0.311 e. The van der Waals surface area contributed by atoms with Gasteiger partial charge in [-0.3, -0.25) is 4.79 Å². The van der Waals surface area contributed by atoms with Crippen molar-refractivity contribution in [3.8, 4) is 0 Å². The van der Waals surface area contributed by atoms with Crippen LogP contribution in [0.1, 0.15) is 31.4 Å². The minimum absolute atomic E-state index is 0.141. The van der Waals surface area contributed by atoms with E-state index in [4.69, 9.17) is 0 Å². The standard InChI is InChI=1S/C14H18BrNO/c1-10-6-7-12-11(9-10)5-4-8-16(12)13(17)14(2,3)15/h6-7,9H,4-5,8H2,1-3H3. The van der Waals surface area contributed by atoms with Gasteiger partial charge in [0, 0.05) is 12.2 Å². The second-order valence-corrected chi connectivity index (χ2v) is 7.15. The lowest BCUT2D eigenvalue weighted by molar-refractivity contribution is -0.120. The van der Waals surface area contributed by atoms with E-state index in [0.29, 0.717) is 0 Å².